The predicted molar refractivity (Wildman–Crippen MR) is 140 cm³/mol. The molecule has 0 amide bonds. The highest BCUT2D eigenvalue weighted by Crippen LogP contribution is 2.32. The van der Waals surface area contributed by atoms with E-state index in [4.69, 9.17) is 0 Å². The van der Waals surface area contributed by atoms with Crippen molar-refractivity contribution in [1.29, 1.82) is 0 Å². The van der Waals surface area contributed by atoms with Crippen molar-refractivity contribution >= 4 is 11.4 Å². The van der Waals surface area contributed by atoms with Crippen LogP contribution in [0.2, 0.25) is 0 Å². The summed E-state index contributed by atoms with van der Waals surface area (Å²) in [5.41, 5.74) is 6.95. The Bertz CT molecular complexity index is 910. The maximum Gasteiger partial charge on any atom is 0.0366 e. The first-order valence-corrected chi connectivity index (χ1v) is 12.8. The summed E-state index contributed by atoms with van der Waals surface area (Å²) in [6, 6.07) is 29.5. The first kappa shape index (κ1) is 22.0. The SMILES string of the molecule is c1ccc(CNCCC(c2ccc(N3CCCC3)cc2)c2ccc(N3CCCC3)cc2)cc1. The van der Waals surface area contributed by atoms with Crippen LogP contribution < -0.4 is 15.1 Å². The predicted octanol–water partition coefficient (Wildman–Crippen LogP) is 6.20. The number of hydrogen-bond acceptors (Lipinski definition) is 3. The molecular formula is C30H37N3. The standard InChI is InChI=1S/C30H37N3/c1-2-8-25(9-3-1)24-31-19-18-30(26-10-14-28(15-11-26)32-20-4-5-21-32)27-12-16-29(17-13-27)33-22-6-7-23-33/h1-3,8-17,30-31H,4-7,18-24H2. The minimum absolute atomic E-state index is 0.411. The highest BCUT2D eigenvalue weighted by molar-refractivity contribution is 5.52. The van der Waals surface area contributed by atoms with Gasteiger partial charge in [-0.1, -0.05) is 54.6 Å². The largest absolute Gasteiger partial charge is 0.372 e. The van der Waals surface area contributed by atoms with Crippen molar-refractivity contribution in [3.8, 4) is 0 Å². The minimum atomic E-state index is 0.411. The Kier molecular flexibility index (Phi) is 7.27. The Morgan fingerprint density at radius 3 is 1.58 bits per heavy atom. The van der Waals surface area contributed by atoms with E-state index in [1.54, 1.807) is 0 Å². The molecule has 2 saturated heterocycles. The zero-order valence-corrected chi connectivity index (χ0v) is 19.8. The van der Waals surface area contributed by atoms with Gasteiger partial charge in [0.1, 0.15) is 0 Å². The van der Waals surface area contributed by atoms with Gasteiger partial charge in [-0.25, -0.2) is 0 Å². The fourth-order valence-corrected chi connectivity index (χ4v) is 5.39. The lowest BCUT2D eigenvalue weighted by Crippen LogP contribution is -2.19. The van der Waals surface area contributed by atoms with Crippen LogP contribution in [-0.2, 0) is 6.54 Å². The zero-order valence-electron chi connectivity index (χ0n) is 19.8. The summed E-state index contributed by atoms with van der Waals surface area (Å²) in [6.45, 7) is 6.72. The van der Waals surface area contributed by atoms with Gasteiger partial charge in [-0.2, -0.15) is 0 Å². The van der Waals surface area contributed by atoms with Gasteiger partial charge in [-0.3, -0.25) is 0 Å². The first-order chi connectivity index (χ1) is 16.4. The second-order valence-electron chi connectivity index (χ2n) is 9.58. The van der Waals surface area contributed by atoms with Crippen LogP contribution >= 0.6 is 0 Å². The van der Waals surface area contributed by atoms with E-state index in [1.807, 2.05) is 0 Å². The second-order valence-corrected chi connectivity index (χ2v) is 9.58. The van der Waals surface area contributed by atoms with Crippen molar-refractivity contribution in [2.45, 2.75) is 44.6 Å². The van der Waals surface area contributed by atoms with Crippen molar-refractivity contribution in [1.82, 2.24) is 5.32 Å². The molecule has 0 bridgehead atoms. The summed E-state index contributed by atoms with van der Waals surface area (Å²) in [5.74, 6) is 0.411. The number of anilines is 2. The van der Waals surface area contributed by atoms with Crippen LogP contribution in [0.1, 0.15) is 54.7 Å². The van der Waals surface area contributed by atoms with Crippen LogP contribution in [0.4, 0.5) is 11.4 Å². The topological polar surface area (TPSA) is 18.5 Å². The van der Waals surface area contributed by atoms with Gasteiger partial charge < -0.3 is 15.1 Å². The molecule has 3 aromatic carbocycles. The summed E-state index contributed by atoms with van der Waals surface area (Å²) in [7, 11) is 0. The molecule has 3 heteroatoms. The number of nitrogens with zero attached hydrogens (tertiary/aromatic N) is 2. The molecule has 2 aliphatic rings. The molecule has 2 heterocycles. The fraction of sp³-hybridized carbons (Fsp3) is 0.400. The van der Waals surface area contributed by atoms with Crippen molar-refractivity contribution in [3.05, 3.63) is 95.6 Å². The van der Waals surface area contributed by atoms with Crippen LogP contribution in [0, 0.1) is 0 Å². The van der Waals surface area contributed by atoms with Crippen LogP contribution in [-0.4, -0.2) is 32.7 Å². The highest BCUT2D eigenvalue weighted by atomic mass is 15.1. The van der Waals surface area contributed by atoms with Gasteiger partial charge in [0.05, 0.1) is 0 Å². The van der Waals surface area contributed by atoms with Gasteiger partial charge in [0, 0.05) is 50.0 Å². The summed E-state index contributed by atoms with van der Waals surface area (Å²) in [6.07, 6.45) is 6.38. The molecule has 0 atom stereocenters. The van der Waals surface area contributed by atoms with Crippen molar-refractivity contribution in [2.24, 2.45) is 0 Å². The van der Waals surface area contributed by atoms with Gasteiger partial charge in [0.2, 0.25) is 0 Å². The minimum Gasteiger partial charge on any atom is -0.372 e. The van der Waals surface area contributed by atoms with E-state index in [2.05, 4.69) is 94.0 Å². The molecule has 0 aromatic heterocycles. The molecule has 0 unspecified atom stereocenters. The molecule has 0 spiro atoms. The normalized spacial score (nSPS) is 16.2. The van der Waals surface area contributed by atoms with Gasteiger partial charge in [0.15, 0.2) is 0 Å². The van der Waals surface area contributed by atoms with E-state index in [0.29, 0.717) is 5.92 Å². The monoisotopic (exact) mass is 439 g/mol. The Morgan fingerprint density at radius 2 is 1.09 bits per heavy atom. The smallest absolute Gasteiger partial charge is 0.0366 e. The third-order valence-corrected chi connectivity index (χ3v) is 7.32. The number of nitrogens with one attached hydrogen (secondary N) is 1. The summed E-state index contributed by atoms with van der Waals surface area (Å²) in [4.78, 5) is 5.04. The van der Waals surface area contributed by atoms with E-state index >= 15 is 0 Å². The van der Waals surface area contributed by atoms with Crippen LogP contribution in [0.3, 0.4) is 0 Å². The highest BCUT2D eigenvalue weighted by Gasteiger charge is 2.18. The molecule has 33 heavy (non-hydrogen) atoms. The lowest BCUT2D eigenvalue weighted by molar-refractivity contribution is 0.611. The van der Waals surface area contributed by atoms with Gasteiger partial charge in [-0.15, -0.1) is 0 Å². The van der Waals surface area contributed by atoms with Gasteiger partial charge in [-0.05, 0) is 79.6 Å². The third kappa shape index (κ3) is 5.59. The maximum atomic E-state index is 3.67. The average molecular weight is 440 g/mol. The Balaban J connectivity index is 1.30. The Hall–Kier alpha value is -2.78. The third-order valence-electron chi connectivity index (χ3n) is 7.32. The van der Waals surface area contributed by atoms with Crippen molar-refractivity contribution in [3.63, 3.8) is 0 Å². The fourth-order valence-electron chi connectivity index (χ4n) is 5.39. The molecule has 3 nitrogen and oxygen atoms in total. The van der Waals surface area contributed by atoms with Crippen molar-refractivity contribution < 1.29 is 0 Å². The van der Waals surface area contributed by atoms with Gasteiger partial charge >= 0.3 is 0 Å². The van der Waals surface area contributed by atoms with Crippen molar-refractivity contribution in [2.75, 3.05) is 42.5 Å². The second kappa shape index (κ2) is 10.9. The molecule has 3 aromatic rings. The van der Waals surface area contributed by atoms with E-state index in [1.165, 1.54) is 79.9 Å². The van der Waals surface area contributed by atoms with Crippen LogP contribution in [0.15, 0.2) is 78.9 Å². The molecule has 0 radical (unpaired) electrons. The van der Waals surface area contributed by atoms with E-state index in [9.17, 15) is 0 Å². The van der Waals surface area contributed by atoms with E-state index < -0.39 is 0 Å². The summed E-state index contributed by atoms with van der Waals surface area (Å²) >= 11 is 0. The molecule has 0 saturated carbocycles. The van der Waals surface area contributed by atoms with E-state index in [0.717, 1.165) is 19.5 Å². The van der Waals surface area contributed by atoms with E-state index in [-0.39, 0.29) is 0 Å². The number of rotatable bonds is 9. The van der Waals surface area contributed by atoms with Crippen LogP contribution in [0.25, 0.3) is 0 Å². The van der Waals surface area contributed by atoms with Crippen LogP contribution in [0.5, 0.6) is 0 Å². The quantitative estimate of drug-likeness (QED) is 0.401. The lowest BCUT2D eigenvalue weighted by Gasteiger charge is -2.23. The van der Waals surface area contributed by atoms with Gasteiger partial charge in [0.25, 0.3) is 0 Å². The number of benzene rings is 3. The molecular weight excluding hydrogens is 402 g/mol. The summed E-state index contributed by atoms with van der Waals surface area (Å²) < 4.78 is 0. The Morgan fingerprint density at radius 1 is 0.606 bits per heavy atom. The summed E-state index contributed by atoms with van der Waals surface area (Å²) in [5, 5.41) is 3.67. The zero-order chi connectivity index (χ0) is 22.3. The molecule has 5 rings (SSSR count). The molecule has 2 aliphatic heterocycles. The molecule has 0 aliphatic carbocycles. The maximum absolute atomic E-state index is 3.67. The first-order valence-electron chi connectivity index (χ1n) is 12.8. The lowest BCUT2D eigenvalue weighted by atomic mass is 9.88. The Labute approximate surface area is 199 Å². The molecule has 2 fully saturated rings. The number of hydrogen-bond donors (Lipinski definition) is 1. The average Bonchev–Trinajstić information content (AvgIpc) is 3.60. The molecule has 1 N–H and O–H groups in total. The molecule has 172 valence electrons.